The molecule has 1 unspecified atom stereocenters. The van der Waals surface area contributed by atoms with Crippen LogP contribution >= 0.6 is 0 Å². The van der Waals surface area contributed by atoms with Gasteiger partial charge in [-0.25, -0.2) is 0 Å². The molecule has 0 amide bonds. The Morgan fingerprint density at radius 3 is 2.75 bits per heavy atom. The zero-order chi connectivity index (χ0) is 14.3. The number of fused-ring (bicyclic) bond motifs is 3. The average molecular weight is 281 g/mol. The lowest BCUT2D eigenvalue weighted by Gasteiger charge is -2.17. The maximum absolute atomic E-state index is 12.7. The minimum absolute atomic E-state index is 0.106. The van der Waals surface area contributed by atoms with Gasteiger partial charge in [-0.1, -0.05) is 18.2 Å². The van der Waals surface area contributed by atoms with E-state index in [9.17, 15) is 18.0 Å². The van der Waals surface area contributed by atoms with Gasteiger partial charge in [0.2, 0.25) is 5.91 Å². The zero-order valence-corrected chi connectivity index (χ0v) is 10.8. The van der Waals surface area contributed by atoms with Crippen LogP contribution in [0.1, 0.15) is 42.1 Å². The predicted octanol–water partition coefficient (Wildman–Crippen LogP) is 4.50. The number of nitrogens with zero attached hydrogens (tertiary/aromatic N) is 1. The summed E-state index contributed by atoms with van der Waals surface area (Å²) in [5.74, 6) is -0.736. The van der Waals surface area contributed by atoms with Gasteiger partial charge in [0.05, 0.1) is 11.9 Å². The maximum atomic E-state index is 12.7. The van der Waals surface area contributed by atoms with Crippen molar-refractivity contribution in [3.8, 4) is 0 Å². The second kappa shape index (κ2) is 4.65. The van der Waals surface area contributed by atoms with Crippen LogP contribution in [0.5, 0.6) is 0 Å². The predicted molar refractivity (Wildman–Crippen MR) is 69.8 cm³/mol. The van der Waals surface area contributed by atoms with E-state index in [1.54, 1.807) is 18.2 Å². The van der Waals surface area contributed by atoms with Crippen LogP contribution in [0.4, 0.5) is 13.2 Å². The first-order valence-corrected chi connectivity index (χ1v) is 6.66. The fourth-order valence-corrected chi connectivity index (χ4v) is 3.00. The Kier molecular flexibility index (Phi) is 3.07. The molecule has 0 radical (unpaired) electrons. The Morgan fingerprint density at radius 1 is 1.25 bits per heavy atom. The number of para-hydroxylation sites is 1. The molecule has 0 fully saturated rings. The molecule has 1 aromatic carbocycles. The van der Waals surface area contributed by atoms with E-state index in [1.165, 1.54) is 4.57 Å². The van der Waals surface area contributed by atoms with E-state index in [1.807, 2.05) is 12.1 Å². The summed E-state index contributed by atoms with van der Waals surface area (Å²) in [5.41, 5.74) is 1.22. The van der Waals surface area contributed by atoms with Crippen LogP contribution in [0.15, 0.2) is 30.3 Å². The lowest BCUT2D eigenvalue weighted by atomic mass is 9.95. The fourth-order valence-electron chi connectivity index (χ4n) is 3.00. The highest BCUT2D eigenvalue weighted by molar-refractivity contribution is 5.94. The van der Waals surface area contributed by atoms with Gasteiger partial charge < -0.3 is 0 Å². The summed E-state index contributed by atoms with van der Waals surface area (Å²) in [6.45, 7) is 0. The Bertz CT molecular complexity index is 657. The summed E-state index contributed by atoms with van der Waals surface area (Å²) < 4.78 is 39.7. The van der Waals surface area contributed by atoms with Crippen molar-refractivity contribution in [3.63, 3.8) is 0 Å². The number of aromatic nitrogens is 1. The van der Waals surface area contributed by atoms with Gasteiger partial charge in [0.15, 0.2) is 0 Å². The van der Waals surface area contributed by atoms with Crippen LogP contribution in [0.2, 0.25) is 0 Å². The molecule has 2 nitrogen and oxygen atoms in total. The highest BCUT2D eigenvalue weighted by Gasteiger charge is 2.35. The number of benzene rings is 1. The molecule has 106 valence electrons. The van der Waals surface area contributed by atoms with Crippen molar-refractivity contribution < 1.29 is 18.0 Å². The Morgan fingerprint density at radius 2 is 2.00 bits per heavy atom. The van der Waals surface area contributed by atoms with E-state index in [0.29, 0.717) is 30.5 Å². The highest BCUT2D eigenvalue weighted by Crippen LogP contribution is 2.38. The molecule has 1 aliphatic heterocycles. The van der Waals surface area contributed by atoms with Crippen LogP contribution in [0.25, 0.3) is 10.9 Å². The molecule has 0 bridgehead atoms. The van der Waals surface area contributed by atoms with Crippen molar-refractivity contribution in [1.82, 2.24) is 4.57 Å². The van der Waals surface area contributed by atoms with Crippen molar-refractivity contribution in [2.75, 3.05) is 0 Å². The maximum Gasteiger partial charge on any atom is 0.389 e. The molecular formula is C15H14F3NO. The number of carbonyl (C=O) groups excluding carboxylic acids is 1. The number of hydrogen-bond donors (Lipinski definition) is 0. The Hall–Kier alpha value is -1.78. The Balaban J connectivity index is 2.14. The molecular weight excluding hydrogens is 267 g/mol. The second-order valence-electron chi connectivity index (χ2n) is 5.27. The first-order chi connectivity index (χ1) is 9.46. The summed E-state index contributed by atoms with van der Waals surface area (Å²) in [5, 5.41) is 0.824. The van der Waals surface area contributed by atoms with E-state index < -0.39 is 18.5 Å². The summed E-state index contributed by atoms with van der Waals surface area (Å²) in [6, 6.07) is 8.97. The third-order valence-electron chi connectivity index (χ3n) is 3.83. The normalized spacial score (nSPS) is 19.9. The van der Waals surface area contributed by atoms with E-state index in [0.717, 1.165) is 5.39 Å². The van der Waals surface area contributed by atoms with E-state index in [-0.39, 0.29) is 5.91 Å². The molecule has 20 heavy (non-hydrogen) atoms. The van der Waals surface area contributed by atoms with Gasteiger partial charge in [0.1, 0.15) is 0 Å². The van der Waals surface area contributed by atoms with Crippen molar-refractivity contribution in [2.45, 2.75) is 37.8 Å². The van der Waals surface area contributed by atoms with Crippen LogP contribution in [0.3, 0.4) is 0 Å². The summed E-state index contributed by atoms with van der Waals surface area (Å²) in [7, 11) is 0. The van der Waals surface area contributed by atoms with Crippen LogP contribution < -0.4 is 0 Å². The lowest BCUT2D eigenvalue weighted by Crippen LogP contribution is -2.17. The Labute approximate surface area is 114 Å². The third-order valence-corrected chi connectivity index (χ3v) is 3.83. The number of alkyl halides is 3. The van der Waals surface area contributed by atoms with Gasteiger partial charge >= 0.3 is 6.18 Å². The standard InChI is InChI=1S/C15H14F3NO/c16-15(17,18)9-11-5-3-7-14(20)19-12-6-2-1-4-10(12)8-13(11)19/h1-2,4,6,8,11H,3,5,7,9H2. The molecule has 0 N–H and O–H groups in total. The number of carbonyl (C=O) groups is 1. The van der Waals surface area contributed by atoms with E-state index in [4.69, 9.17) is 0 Å². The van der Waals surface area contributed by atoms with Gasteiger partial charge in [-0.3, -0.25) is 9.36 Å². The van der Waals surface area contributed by atoms with E-state index in [2.05, 4.69) is 0 Å². The monoisotopic (exact) mass is 281 g/mol. The third kappa shape index (κ3) is 2.32. The van der Waals surface area contributed by atoms with Gasteiger partial charge in [-0.05, 0) is 25.0 Å². The van der Waals surface area contributed by atoms with Crippen LogP contribution in [0, 0.1) is 0 Å². The van der Waals surface area contributed by atoms with Gasteiger partial charge in [-0.15, -0.1) is 0 Å². The largest absolute Gasteiger partial charge is 0.389 e. The molecule has 1 aromatic heterocycles. The lowest BCUT2D eigenvalue weighted by molar-refractivity contribution is -0.139. The first kappa shape index (κ1) is 13.2. The van der Waals surface area contributed by atoms with Gasteiger partial charge in [0, 0.05) is 23.4 Å². The zero-order valence-electron chi connectivity index (χ0n) is 10.8. The number of hydrogen-bond acceptors (Lipinski definition) is 1. The molecule has 1 aliphatic rings. The first-order valence-electron chi connectivity index (χ1n) is 6.66. The van der Waals surface area contributed by atoms with Gasteiger partial charge in [0.25, 0.3) is 0 Å². The molecule has 0 saturated heterocycles. The quantitative estimate of drug-likeness (QED) is 0.754. The molecule has 1 atom stereocenters. The number of rotatable bonds is 1. The molecule has 2 heterocycles. The SMILES string of the molecule is O=C1CCCC(CC(F)(F)F)c2cc3ccccc3n21. The second-order valence-corrected chi connectivity index (χ2v) is 5.27. The van der Waals surface area contributed by atoms with Crippen molar-refractivity contribution in [2.24, 2.45) is 0 Å². The topological polar surface area (TPSA) is 22.0 Å². The molecule has 0 spiro atoms. The van der Waals surface area contributed by atoms with E-state index >= 15 is 0 Å². The minimum Gasteiger partial charge on any atom is -0.284 e. The van der Waals surface area contributed by atoms with Crippen molar-refractivity contribution in [1.29, 1.82) is 0 Å². The van der Waals surface area contributed by atoms with Crippen molar-refractivity contribution >= 4 is 16.8 Å². The van der Waals surface area contributed by atoms with Crippen molar-refractivity contribution in [3.05, 3.63) is 36.0 Å². The molecule has 3 rings (SSSR count). The average Bonchev–Trinajstić information content (AvgIpc) is 2.68. The highest BCUT2D eigenvalue weighted by atomic mass is 19.4. The summed E-state index contributed by atoms with van der Waals surface area (Å²) >= 11 is 0. The molecule has 0 saturated carbocycles. The smallest absolute Gasteiger partial charge is 0.284 e. The molecule has 0 aliphatic carbocycles. The van der Waals surface area contributed by atoms with Crippen LogP contribution in [-0.2, 0) is 0 Å². The minimum atomic E-state index is -4.21. The summed E-state index contributed by atoms with van der Waals surface area (Å²) in [4.78, 5) is 12.2. The number of halogens is 3. The molecule has 2 aromatic rings. The summed E-state index contributed by atoms with van der Waals surface area (Å²) in [6.07, 6.45) is -3.85. The van der Waals surface area contributed by atoms with Gasteiger partial charge in [-0.2, -0.15) is 13.2 Å². The van der Waals surface area contributed by atoms with Crippen LogP contribution in [-0.4, -0.2) is 16.7 Å². The molecule has 5 heteroatoms. The fraction of sp³-hybridized carbons (Fsp3) is 0.400.